The van der Waals surface area contributed by atoms with Crippen LogP contribution in [-0.4, -0.2) is 18.3 Å². The molecule has 0 aliphatic rings. The van der Waals surface area contributed by atoms with Gasteiger partial charge in [0.15, 0.2) is 0 Å². The summed E-state index contributed by atoms with van der Waals surface area (Å²) in [5.74, 6) is 0.754. The maximum absolute atomic E-state index is 8.56. The van der Waals surface area contributed by atoms with E-state index in [0.29, 0.717) is 6.61 Å². The molecule has 0 fully saturated rings. The quantitative estimate of drug-likeness (QED) is 0.730. The van der Waals surface area contributed by atoms with Crippen molar-refractivity contribution in [1.82, 2.24) is 0 Å². The van der Waals surface area contributed by atoms with Crippen LogP contribution < -0.4 is 10.5 Å². The van der Waals surface area contributed by atoms with Gasteiger partial charge in [-0.25, -0.2) is 0 Å². The summed E-state index contributed by atoms with van der Waals surface area (Å²) in [7, 11) is 0. The lowest BCUT2D eigenvalue weighted by Gasteiger charge is -2.08. The molecule has 0 aromatic heterocycles. The Kier molecular flexibility index (Phi) is 3.73. The molecule has 1 aromatic carbocycles. The smallest absolute Gasteiger partial charge is 0.119 e. The summed E-state index contributed by atoms with van der Waals surface area (Å²) in [6.45, 7) is 2.27. The van der Waals surface area contributed by atoms with Crippen LogP contribution in [0, 0.1) is 0 Å². The third-order valence-electron chi connectivity index (χ3n) is 1.74. The third-order valence-corrected chi connectivity index (χ3v) is 1.74. The summed E-state index contributed by atoms with van der Waals surface area (Å²) in [4.78, 5) is 0. The van der Waals surface area contributed by atoms with Crippen LogP contribution in [0.1, 0.15) is 18.5 Å². The normalized spacial score (nSPS) is 12.5. The second-order valence-electron chi connectivity index (χ2n) is 2.93. The zero-order chi connectivity index (χ0) is 9.68. The highest BCUT2D eigenvalue weighted by molar-refractivity contribution is 5.30. The molecule has 13 heavy (non-hydrogen) atoms. The molecule has 0 saturated carbocycles. The van der Waals surface area contributed by atoms with Gasteiger partial charge in [0.25, 0.3) is 0 Å². The highest BCUT2D eigenvalue weighted by Gasteiger charge is 2.00. The lowest BCUT2D eigenvalue weighted by molar-refractivity contribution is 0.201. The van der Waals surface area contributed by atoms with E-state index in [1.54, 1.807) is 0 Å². The third kappa shape index (κ3) is 3.05. The minimum atomic E-state index is 0.0117. The van der Waals surface area contributed by atoms with Gasteiger partial charge in [-0.2, -0.15) is 0 Å². The predicted molar refractivity (Wildman–Crippen MR) is 51.6 cm³/mol. The summed E-state index contributed by atoms with van der Waals surface area (Å²) in [5, 5.41) is 8.56. The highest BCUT2D eigenvalue weighted by atomic mass is 16.5. The molecule has 0 amide bonds. The van der Waals surface area contributed by atoms with Crippen LogP contribution in [-0.2, 0) is 0 Å². The average molecular weight is 181 g/mol. The molecular weight excluding hydrogens is 166 g/mol. The van der Waals surface area contributed by atoms with Crippen LogP contribution in [0.3, 0.4) is 0 Å². The van der Waals surface area contributed by atoms with Crippen molar-refractivity contribution < 1.29 is 9.84 Å². The van der Waals surface area contributed by atoms with Crippen LogP contribution in [0.5, 0.6) is 5.75 Å². The SMILES string of the molecule is CC(N)c1cccc(OCCO)c1. The van der Waals surface area contributed by atoms with Crippen molar-refractivity contribution in [3.05, 3.63) is 29.8 Å². The second-order valence-corrected chi connectivity index (χ2v) is 2.93. The molecule has 0 radical (unpaired) electrons. The number of aliphatic hydroxyl groups excluding tert-OH is 1. The Bertz CT molecular complexity index is 261. The van der Waals surface area contributed by atoms with Gasteiger partial charge in [0.1, 0.15) is 12.4 Å². The first-order chi connectivity index (χ1) is 6.24. The minimum absolute atomic E-state index is 0.0117. The molecule has 3 heteroatoms. The van der Waals surface area contributed by atoms with E-state index in [2.05, 4.69) is 0 Å². The number of aliphatic hydroxyl groups is 1. The maximum atomic E-state index is 8.56. The van der Waals surface area contributed by atoms with Gasteiger partial charge in [-0.3, -0.25) is 0 Å². The maximum Gasteiger partial charge on any atom is 0.119 e. The molecule has 0 heterocycles. The van der Waals surface area contributed by atoms with E-state index in [1.165, 1.54) is 0 Å². The largest absolute Gasteiger partial charge is 0.491 e. The van der Waals surface area contributed by atoms with Gasteiger partial charge < -0.3 is 15.6 Å². The predicted octanol–water partition coefficient (Wildman–Crippen LogP) is 1.08. The van der Waals surface area contributed by atoms with Crippen molar-refractivity contribution >= 4 is 0 Å². The lowest BCUT2D eigenvalue weighted by Crippen LogP contribution is -2.06. The molecule has 3 nitrogen and oxygen atoms in total. The molecular formula is C10H15NO2. The Balaban J connectivity index is 2.68. The first-order valence-corrected chi connectivity index (χ1v) is 4.33. The molecule has 0 saturated heterocycles. The number of hydrogen-bond acceptors (Lipinski definition) is 3. The average Bonchev–Trinajstić information content (AvgIpc) is 2.15. The van der Waals surface area contributed by atoms with E-state index in [-0.39, 0.29) is 12.6 Å². The Hall–Kier alpha value is -1.06. The van der Waals surface area contributed by atoms with Gasteiger partial charge >= 0.3 is 0 Å². The standard InChI is InChI=1S/C10H15NO2/c1-8(11)9-3-2-4-10(7-9)13-6-5-12/h2-4,7-8,12H,5-6,11H2,1H3. The zero-order valence-corrected chi connectivity index (χ0v) is 7.73. The minimum Gasteiger partial charge on any atom is -0.491 e. The van der Waals surface area contributed by atoms with Gasteiger partial charge in [0.05, 0.1) is 6.61 Å². The summed E-state index contributed by atoms with van der Waals surface area (Å²) < 4.78 is 5.24. The number of benzene rings is 1. The van der Waals surface area contributed by atoms with Crippen LogP contribution in [0.15, 0.2) is 24.3 Å². The molecule has 3 N–H and O–H groups in total. The Morgan fingerprint density at radius 3 is 2.92 bits per heavy atom. The lowest BCUT2D eigenvalue weighted by atomic mass is 10.1. The van der Waals surface area contributed by atoms with Gasteiger partial charge in [-0.1, -0.05) is 12.1 Å². The number of hydrogen-bond donors (Lipinski definition) is 2. The monoisotopic (exact) mass is 181 g/mol. The fourth-order valence-corrected chi connectivity index (χ4v) is 1.05. The number of nitrogens with two attached hydrogens (primary N) is 1. The Labute approximate surface area is 78.1 Å². The van der Waals surface area contributed by atoms with E-state index in [9.17, 15) is 0 Å². The summed E-state index contributed by atoms with van der Waals surface area (Å²) in [5.41, 5.74) is 6.74. The van der Waals surface area contributed by atoms with Crippen molar-refractivity contribution in [3.8, 4) is 5.75 Å². The van der Waals surface area contributed by atoms with Crippen molar-refractivity contribution in [2.75, 3.05) is 13.2 Å². The second kappa shape index (κ2) is 4.84. The molecule has 1 aromatic rings. The van der Waals surface area contributed by atoms with Crippen LogP contribution in [0.4, 0.5) is 0 Å². The fraction of sp³-hybridized carbons (Fsp3) is 0.400. The highest BCUT2D eigenvalue weighted by Crippen LogP contribution is 2.17. The van der Waals surface area contributed by atoms with E-state index in [0.717, 1.165) is 11.3 Å². The van der Waals surface area contributed by atoms with Crippen molar-refractivity contribution in [2.45, 2.75) is 13.0 Å². The molecule has 72 valence electrons. The first kappa shape index (κ1) is 10.0. The van der Waals surface area contributed by atoms with Crippen molar-refractivity contribution in [1.29, 1.82) is 0 Å². The van der Waals surface area contributed by atoms with Crippen molar-refractivity contribution in [2.24, 2.45) is 5.73 Å². The summed E-state index contributed by atoms with van der Waals surface area (Å²) >= 11 is 0. The van der Waals surface area contributed by atoms with Crippen LogP contribution in [0.2, 0.25) is 0 Å². The Morgan fingerprint density at radius 1 is 1.54 bits per heavy atom. The fourth-order valence-electron chi connectivity index (χ4n) is 1.05. The molecule has 0 aliphatic heterocycles. The number of ether oxygens (including phenoxy) is 1. The van der Waals surface area contributed by atoms with Crippen LogP contribution in [0.25, 0.3) is 0 Å². The molecule has 0 aliphatic carbocycles. The summed E-state index contributed by atoms with van der Waals surface area (Å²) in [6.07, 6.45) is 0. The van der Waals surface area contributed by atoms with Crippen molar-refractivity contribution in [3.63, 3.8) is 0 Å². The Morgan fingerprint density at radius 2 is 2.31 bits per heavy atom. The molecule has 1 atom stereocenters. The van der Waals surface area contributed by atoms with E-state index in [1.807, 2.05) is 31.2 Å². The molecule has 0 spiro atoms. The van der Waals surface area contributed by atoms with Gasteiger partial charge in [0, 0.05) is 6.04 Å². The molecule has 1 rings (SSSR count). The zero-order valence-electron chi connectivity index (χ0n) is 7.73. The van der Waals surface area contributed by atoms with Gasteiger partial charge in [-0.05, 0) is 24.6 Å². The van der Waals surface area contributed by atoms with E-state index >= 15 is 0 Å². The van der Waals surface area contributed by atoms with Crippen LogP contribution >= 0.6 is 0 Å². The van der Waals surface area contributed by atoms with E-state index < -0.39 is 0 Å². The first-order valence-electron chi connectivity index (χ1n) is 4.33. The topological polar surface area (TPSA) is 55.5 Å². The number of rotatable bonds is 4. The molecule has 0 bridgehead atoms. The van der Waals surface area contributed by atoms with E-state index in [4.69, 9.17) is 15.6 Å². The summed E-state index contributed by atoms with van der Waals surface area (Å²) in [6, 6.07) is 7.60. The molecule has 1 unspecified atom stereocenters. The van der Waals surface area contributed by atoms with Gasteiger partial charge in [-0.15, -0.1) is 0 Å². The van der Waals surface area contributed by atoms with Gasteiger partial charge in [0.2, 0.25) is 0 Å².